The van der Waals surface area contributed by atoms with Crippen LogP contribution in [0.25, 0.3) is 0 Å². The Morgan fingerprint density at radius 3 is 2.12 bits per heavy atom. The second-order valence-corrected chi connectivity index (χ2v) is 11.9. The number of halogens is 6. The van der Waals surface area contributed by atoms with Gasteiger partial charge in [0.25, 0.3) is 5.91 Å². The molecule has 2 fully saturated rings. The highest BCUT2D eigenvalue weighted by Crippen LogP contribution is 2.31. The third kappa shape index (κ3) is 9.98. The minimum Gasteiger partial charge on any atom is -0.475 e. The molecule has 1 amide bonds. The lowest BCUT2D eigenvalue weighted by Crippen LogP contribution is -2.38. The highest BCUT2D eigenvalue weighted by molar-refractivity contribution is 7.89. The number of likely N-dealkylation sites (tertiary alicyclic amines) is 1. The third-order valence-electron chi connectivity index (χ3n) is 6.95. The Hall–Kier alpha value is -3.17. The van der Waals surface area contributed by atoms with Gasteiger partial charge in [0.05, 0.1) is 10.5 Å². The number of carboxylic acids is 1. The number of amides is 1. The summed E-state index contributed by atoms with van der Waals surface area (Å²) in [5.41, 5.74) is -0.727. The summed E-state index contributed by atoms with van der Waals surface area (Å²) < 4.78 is 98.8. The number of rotatable bonds is 7. The number of carbonyl (C=O) groups is 2. The summed E-state index contributed by atoms with van der Waals surface area (Å²) in [4.78, 5) is 23.7. The van der Waals surface area contributed by atoms with Gasteiger partial charge in [-0.3, -0.25) is 4.79 Å². The van der Waals surface area contributed by atoms with Crippen LogP contribution in [0.1, 0.15) is 54.4 Å². The van der Waals surface area contributed by atoms with Gasteiger partial charge in [-0.1, -0.05) is 25.3 Å². The highest BCUT2D eigenvalue weighted by Gasteiger charge is 2.38. The topological polar surface area (TPSA) is 116 Å². The number of alkyl halides is 6. The van der Waals surface area contributed by atoms with E-state index in [1.165, 1.54) is 68.5 Å². The number of benzene rings is 2. The molecule has 1 atom stereocenters. The van der Waals surface area contributed by atoms with Gasteiger partial charge in [-0.2, -0.15) is 26.3 Å². The number of aliphatic carboxylic acids is 1. The van der Waals surface area contributed by atoms with E-state index in [9.17, 15) is 39.6 Å². The molecular weight excluding hydrogens is 592 g/mol. The summed E-state index contributed by atoms with van der Waals surface area (Å²) in [6.07, 6.45) is -2.48. The molecule has 15 heteroatoms. The first kappa shape index (κ1) is 33.3. The molecule has 1 saturated heterocycles. The van der Waals surface area contributed by atoms with Crippen LogP contribution in [0, 0.1) is 5.92 Å². The molecule has 1 aliphatic heterocycles. The van der Waals surface area contributed by atoms with Gasteiger partial charge in [-0.05, 0) is 74.2 Å². The fourth-order valence-corrected chi connectivity index (χ4v) is 6.14. The average Bonchev–Trinajstić information content (AvgIpc) is 3.34. The van der Waals surface area contributed by atoms with E-state index in [1.54, 1.807) is 0 Å². The number of sulfonamides is 1. The molecule has 2 aromatic rings. The Balaban J connectivity index is 0.000000616. The number of carbonyl (C=O) groups excluding carboxylic acids is 1. The maximum absolute atomic E-state index is 12.9. The molecule has 0 bridgehead atoms. The van der Waals surface area contributed by atoms with E-state index in [4.69, 9.17) is 9.90 Å². The van der Waals surface area contributed by atoms with Crippen molar-refractivity contribution in [1.29, 1.82) is 0 Å². The smallest absolute Gasteiger partial charge is 0.475 e. The fourth-order valence-electron chi connectivity index (χ4n) is 4.88. The summed E-state index contributed by atoms with van der Waals surface area (Å²) in [5, 5.41) is 9.54. The summed E-state index contributed by atoms with van der Waals surface area (Å²) in [7, 11) is -3.76. The Morgan fingerprint density at radius 2 is 1.55 bits per heavy atom. The predicted molar refractivity (Wildman–Crippen MR) is 141 cm³/mol. The number of anilines is 1. The zero-order valence-electron chi connectivity index (χ0n) is 22.3. The largest absolute Gasteiger partial charge is 0.490 e. The molecule has 2 aliphatic rings. The normalized spacial score (nSPS) is 18.7. The Bertz CT molecular complexity index is 1330. The molecule has 0 radical (unpaired) electrons. The zero-order chi connectivity index (χ0) is 31.1. The van der Waals surface area contributed by atoms with Gasteiger partial charge < -0.3 is 15.3 Å². The van der Waals surface area contributed by atoms with Crippen LogP contribution < -0.4 is 10.0 Å². The summed E-state index contributed by atoms with van der Waals surface area (Å²) in [6.45, 7) is 2.58. The number of carboxylic acid groups (broad SMARTS) is 1. The second-order valence-electron chi connectivity index (χ2n) is 10.2. The van der Waals surface area contributed by atoms with Crippen molar-refractivity contribution in [3.8, 4) is 0 Å². The molecule has 1 saturated carbocycles. The molecule has 1 heterocycles. The SMILES string of the molecule is O=C(Nc1cccc(C(F)(F)F)c1)c1ccc(S(=O)(=O)NC2CCN(CC3CCCCC3)C2)cc1.O=C(O)C(F)(F)F. The van der Waals surface area contributed by atoms with Crippen LogP contribution in [0.3, 0.4) is 0 Å². The maximum Gasteiger partial charge on any atom is 0.490 e. The van der Waals surface area contributed by atoms with E-state index in [1.807, 2.05) is 0 Å². The molecule has 232 valence electrons. The van der Waals surface area contributed by atoms with Gasteiger partial charge in [0.2, 0.25) is 10.0 Å². The Morgan fingerprint density at radius 1 is 0.929 bits per heavy atom. The van der Waals surface area contributed by atoms with Gasteiger partial charge in [-0.15, -0.1) is 0 Å². The van der Waals surface area contributed by atoms with Crippen LogP contribution in [0.15, 0.2) is 53.4 Å². The molecule has 1 unspecified atom stereocenters. The van der Waals surface area contributed by atoms with Crippen LogP contribution in [-0.4, -0.2) is 62.2 Å². The quantitative estimate of drug-likeness (QED) is 0.350. The van der Waals surface area contributed by atoms with Crippen molar-refractivity contribution < 1.29 is 49.5 Å². The third-order valence-corrected chi connectivity index (χ3v) is 8.49. The average molecular weight is 624 g/mol. The van der Waals surface area contributed by atoms with Gasteiger partial charge >= 0.3 is 18.3 Å². The van der Waals surface area contributed by atoms with Gasteiger partial charge in [-0.25, -0.2) is 17.9 Å². The first-order valence-electron chi connectivity index (χ1n) is 13.2. The molecule has 8 nitrogen and oxygen atoms in total. The first-order chi connectivity index (χ1) is 19.5. The number of hydrogen-bond donors (Lipinski definition) is 3. The van der Waals surface area contributed by atoms with Crippen molar-refractivity contribution in [3.05, 3.63) is 59.7 Å². The van der Waals surface area contributed by atoms with Crippen molar-refractivity contribution in [3.63, 3.8) is 0 Å². The summed E-state index contributed by atoms with van der Waals surface area (Å²) in [6, 6.07) is 9.53. The molecule has 4 rings (SSSR count). The van der Waals surface area contributed by atoms with Crippen molar-refractivity contribution in [2.45, 2.75) is 61.8 Å². The molecule has 2 aromatic carbocycles. The predicted octanol–water partition coefficient (Wildman–Crippen LogP) is 5.52. The second kappa shape index (κ2) is 13.9. The van der Waals surface area contributed by atoms with Crippen molar-refractivity contribution in [1.82, 2.24) is 9.62 Å². The molecule has 0 aromatic heterocycles. The maximum atomic E-state index is 12.9. The van der Waals surface area contributed by atoms with Crippen molar-refractivity contribution in [2.24, 2.45) is 5.92 Å². The van der Waals surface area contributed by atoms with Crippen LogP contribution in [0.2, 0.25) is 0 Å². The van der Waals surface area contributed by atoms with Gasteiger partial charge in [0.1, 0.15) is 0 Å². The van der Waals surface area contributed by atoms with E-state index >= 15 is 0 Å². The van der Waals surface area contributed by atoms with Crippen LogP contribution in [0.4, 0.5) is 32.0 Å². The highest BCUT2D eigenvalue weighted by atomic mass is 32.2. The van der Waals surface area contributed by atoms with E-state index in [2.05, 4.69) is 14.9 Å². The van der Waals surface area contributed by atoms with E-state index in [0.29, 0.717) is 12.5 Å². The summed E-state index contributed by atoms with van der Waals surface area (Å²) in [5.74, 6) is -2.68. The molecule has 1 aliphatic carbocycles. The van der Waals surface area contributed by atoms with Gasteiger partial charge in [0.15, 0.2) is 0 Å². The lowest BCUT2D eigenvalue weighted by Gasteiger charge is -2.26. The zero-order valence-corrected chi connectivity index (χ0v) is 23.2. The van der Waals surface area contributed by atoms with Crippen LogP contribution >= 0.6 is 0 Å². The van der Waals surface area contributed by atoms with Crippen LogP contribution in [-0.2, 0) is 21.0 Å². The monoisotopic (exact) mass is 623 g/mol. The number of hydrogen-bond acceptors (Lipinski definition) is 5. The molecule has 0 spiro atoms. The van der Waals surface area contributed by atoms with Crippen LogP contribution in [0.5, 0.6) is 0 Å². The Labute approximate surface area is 239 Å². The standard InChI is InChI=1S/C25H30F3N3O3S.C2HF3O2/c26-25(27,28)20-7-4-8-21(15-20)29-24(32)19-9-11-23(12-10-19)35(33,34)30-22-13-14-31(17-22)16-18-5-2-1-3-6-18;3-2(4,5)1(6)7/h4,7-12,15,18,22,30H,1-3,5-6,13-14,16-17H2,(H,29,32);(H,6,7). The molecule has 3 N–H and O–H groups in total. The fraction of sp³-hybridized carbons (Fsp3) is 0.481. The minimum atomic E-state index is -5.08. The number of nitrogens with one attached hydrogen (secondary N) is 2. The lowest BCUT2D eigenvalue weighted by molar-refractivity contribution is -0.192. The lowest BCUT2D eigenvalue weighted by atomic mass is 9.89. The molecular formula is C27H31F6N3O5S. The van der Waals surface area contributed by atoms with Gasteiger partial charge in [0, 0.05) is 30.4 Å². The van der Waals surface area contributed by atoms with E-state index in [0.717, 1.165) is 31.6 Å². The first-order valence-corrected chi connectivity index (χ1v) is 14.7. The van der Waals surface area contributed by atoms with Crippen molar-refractivity contribution >= 4 is 27.6 Å². The van der Waals surface area contributed by atoms with E-state index in [-0.39, 0.29) is 22.2 Å². The Kier molecular flexibility index (Phi) is 11.0. The van der Waals surface area contributed by atoms with E-state index < -0.39 is 39.8 Å². The van der Waals surface area contributed by atoms with Crippen molar-refractivity contribution in [2.75, 3.05) is 25.0 Å². The summed E-state index contributed by atoms with van der Waals surface area (Å²) >= 11 is 0. The minimum absolute atomic E-state index is 0.00204. The molecule has 42 heavy (non-hydrogen) atoms. The number of nitrogens with zero attached hydrogens (tertiary/aromatic N) is 1.